The third kappa shape index (κ3) is 2.87. The predicted octanol–water partition coefficient (Wildman–Crippen LogP) is 0.182. The number of carbonyl (C=O) groups excluding carboxylic acids is 1. The van der Waals surface area contributed by atoms with Crippen molar-refractivity contribution in [2.24, 2.45) is 0 Å². The van der Waals surface area contributed by atoms with Crippen LogP contribution in [-0.2, 0) is 24.3 Å². The van der Waals surface area contributed by atoms with E-state index in [0.29, 0.717) is 13.1 Å². The number of aromatic nitrogens is 3. The van der Waals surface area contributed by atoms with E-state index in [1.807, 2.05) is 14.0 Å². The van der Waals surface area contributed by atoms with Crippen molar-refractivity contribution in [3.05, 3.63) is 11.6 Å². The lowest BCUT2D eigenvalue weighted by atomic mass is 10.2. The molecule has 1 N–H and O–H groups in total. The molecule has 0 spiro atoms. The lowest BCUT2D eigenvalue weighted by molar-refractivity contribution is -0.128. The molecule has 1 amide bonds. The molecular weight excluding hydrogens is 230 g/mol. The molecule has 0 radical (unpaired) electrons. The Hall–Kier alpha value is -1.43. The molecule has 0 saturated carbocycles. The summed E-state index contributed by atoms with van der Waals surface area (Å²) in [5.74, 6) is 2.13. The maximum absolute atomic E-state index is 11.6. The SMILES string of the molecule is CCN(C)C(=O)CNCc1nnc2n1CCCC2. The molecule has 1 aromatic heterocycles. The van der Waals surface area contributed by atoms with Gasteiger partial charge in [0.1, 0.15) is 11.6 Å². The maximum Gasteiger partial charge on any atom is 0.236 e. The van der Waals surface area contributed by atoms with Gasteiger partial charge in [-0.2, -0.15) is 0 Å². The normalized spacial score (nSPS) is 14.3. The van der Waals surface area contributed by atoms with Crippen molar-refractivity contribution in [3.63, 3.8) is 0 Å². The smallest absolute Gasteiger partial charge is 0.236 e. The van der Waals surface area contributed by atoms with Gasteiger partial charge in [-0.15, -0.1) is 10.2 Å². The van der Waals surface area contributed by atoms with E-state index in [1.165, 1.54) is 12.8 Å². The fraction of sp³-hybridized carbons (Fsp3) is 0.750. The zero-order valence-electron chi connectivity index (χ0n) is 11.1. The molecule has 1 aliphatic heterocycles. The van der Waals surface area contributed by atoms with Crippen LogP contribution in [-0.4, -0.2) is 45.7 Å². The van der Waals surface area contributed by atoms with Crippen molar-refractivity contribution in [1.82, 2.24) is 25.0 Å². The van der Waals surface area contributed by atoms with E-state index in [-0.39, 0.29) is 5.91 Å². The number of fused-ring (bicyclic) bond motifs is 1. The Morgan fingerprint density at radius 2 is 2.28 bits per heavy atom. The van der Waals surface area contributed by atoms with E-state index in [2.05, 4.69) is 20.1 Å². The summed E-state index contributed by atoms with van der Waals surface area (Å²) in [5, 5.41) is 11.5. The molecule has 0 fully saturated rings. The fourth-order valence-corrected chi connectivity index (χ4v) is 2.09. The third-order valence-corrected chi connectivity index (χ3v) is 3.40. The zero-order chi connectivity index (χ0) is 13.0. The topological polar surface area (TPSA) is 63.1 Å². The van der Waals surface area contributed by atoms with Crippen LogP contribution in [0.1, 0.15) is 31.4 Å². The van der Waals surface area contributed by atoms with Gasteiger partial charge in [-0.25, -0.2) is 0 Å². The number of hydrogen-bond acceptors (Lipinski definition) is 4. The lowest BCUT2D eigenvalue weighted by Gasteiger charge is -2.16. The average Bonchev–Trinajstić information content (AvgIpc) is 2.81. The molecule has 100 valence electrons. The number of likely N-dealkylation sites (N-methyl/N-ethyl adjacent to an activating group) is 1. The number of nitrogens with zero attached hydrogens (tertiary/aromatic N) is 4. The number of nitrogens with one attached hydrogen (secondary N) is 1. The number of rotatable bonds is 5. The number of carbonyl (C=O) groups is 1. The van der Waals surface area contributed by atoms with Crippen LogP contribution in [0.15, 0.2) is 0 Å². The van der Waals surface area contributed by atoms with Crippen LogP contribution in [0.5, 0.6) is 0 Å². The van der Waals surface area contributed by atoms with Crippen LogP contribution in [0.4, 0.5) is 0 Å². The van der Waals surface area contributed by atoms with Gasteiger partial charge < -0.3 is 14.8 Å². The first kappa shape index (κ1) is 13.0. The second-order valence-electron chi connectivity index (χ2n) is 4.65. The monoisotopic (exact) mass is 251 g/mol. The highest BCUT2D eigenvalue weighted by Crippen LogP contribution is 2.13. The summed E-state index contributed by atoms with van der Waals surface area (Å²) < 4.78 is 2.17. The van der Waals surface area contributed by atoms with Crippen LogP contribution >= 0.6 is 0 Å². The van der Waals surface area contributed by atoms with Gasteiger partial charge in [0.05, 0.1) is 13.1 Å². The summed E-state index contributed by atoms with van der Waals surface area (Å²) in [6.45, 7) is 4.67. The quantitative estimate of drug-likeness (QED) is 0.811. The Kier molecular flexibility index (Phi) is 4.30. The van der Waals surface area contributed by atoms with Gasteiger partial charge in [0.15, 0.2) is 0 Å². The van der Waals surface area contributed by atoms with E-state index < -0.39 is 0 Å². The van der Waals surface area contributed by atoms with Gasteiger partial charge in [0, 0.05) is 26.6 Å². The second-order valence-corrected chi connectivity index (χ2v) is 4.65. The van der Waals surface area contributed by atoms with Crippen molar-refractivity contribution in [2.45, 2.75) is 39.3 Å². The van der Waals surface area contributed by atoms with Crippen LogP contribution in [0, 0.1) is 0 Å². The van der Waals surface area contributed by atoms with Crippen LogP contribution in [0.3, 0.4) is 0 Å². The Morgan fingerprint density at radius 1 is 1.44 bits per heavy atom. The van der Waals surface area contributed by atoms with Gasteiger partial charge in [0.2, 0.25) is 5.91 Å². The largest absolute Gasteiger partial charge is 0.345 e. The second kappa shape index (κ2) is 5.95. The van der Waals surface area contributed by atoms with Crippen LogP contribution in [0.25, 0.3) is 0 Å². The first-order valence-corrected chi connectivity index (χ1v) is 6.58. The Balaban J connectivity index is 1.84. The van der Waals surface area contributed by atoms with Gasteiger partial charge in [-0.1, -0.05) is 0 Å². The summed E-state index contributed by atoms with van der Waals surface area (Å²) >= 11 is 0. The van der Waals surface area contributed by atoms with Gasteiger partial charge in [-0.05, 0) is 19.8 Å². The van der Waals surface area contributed by atoms with Crippen LogP contribution < -0.4 is 5.32 Å². The minimum atomic E-state index is 0.107. The van der Waals surface area contributed by atoms with Crippen molar-refractivity contribution < 1.29 is 4.79 Å². The van der Waals surface area contributed by atoms with Crippen molar-refractivity contribution in [2.75, 3.05) is 20.1 Å². The highest BCUT2D eigenvalue weighted by molar-refractivity contribution is 5.77. The summed E-state index contributed by atoms with van der Waals surface area (Å²) in [4.78, 5) is 13.3. The first-order chi connectivity index (χ1) is 8.72. The minimum Gasteiger partial charge on any atom is -0.345 e. The molecule has 2 rings (SSSR count). The number of aryl methyl sites for hydroxylation is 1. The molecule has 6 nitrogen and oxygen atoms in total. The van der Waals surface area contributed by atoms with Gasteiger partial charge in [0.25, 0.3) is 0 Å². The fourth-order valence-electron chi connectivity index (χ4n) is 2.09. The molecule has 1 aromatic rings. The molecule has 2 heterocycles. The van der Waals surface area contributed by atoms with E-state index >= 15 is 0 Å². The highest BCUT2D eigenvalue weighted by Gasteiger charge is 2.15. The minimum absolute atomic E-state index is 0.107. The van der Waals surface area contributed by atoms with E-state index in [9.17, 15) is 4.79 Å². The van der Waals surface area contributed by atoms with E-state index in [1.54, 1.807) is 4.90 Å². The predicted molar refractivity (Wildman–Crippen MR) is 68.0 cm³/mol. The highest BCUT2D eigenvalue weighted by atomic mass is 16.2. The summed E-state index contributed by atoms with van der Waals surface area (Å²) in [6, 6.07) is 0. The number of hydrogen-bond donors (Lipinski definition) is 1. The average molecular weight is 251 g/mol. The van der Waals surface area contributed by atoms with Gasteiger partial charge >= 0.3 is 0 Å². The molecule has 18 heavy (non-hydrogen) atoms. The molecule has 0 saturated heterocycles. The molecule has 0 unspecified atom stereocenters. The van der Waals surface area contributed by atoms with Gasteiger partial charge in [-0.3, -0.25) is 4.79 Å². The summed E-state index contributed by atoms with van der Waals surface area (Å²) in [6.07, 6.45) is 3.41. The molecule has 6 heteroatoms. The standard InChI is InChI=1S/C12H21N5O/c1-3-16(2)12(18)9-13-8-11-15-14-10-6-4-5-7-17(10)11/h13H,3-9H2,1-2H3. The Labute approximate surface area is 107 Å². The zero-order valence-corrected chi connectivity index (χ0v) is 11.1. The molecule has 0 aliphatic carbocycles. The number of amides is 1. The third-order valence-electron chi connectivity index (χ3n) is 3.40. The molecule has 1 aliphatic rings. The van der Waals surface area contributed by atoms with Crippen molar-refractivity contribution in [1.29, 1.82) is 0 Å². The maximum atomic E-state index is 11.6. The molecule has 0 atom stereocenters. The van der Waals surface area contributed by atoms with Crippen LogP contribution in [0.2, 0.25) is 0 Å². The van der Waals surface area contributed by atoms with Crippen molar-refractivity contribution in [3.8, 4) is 0 Å². The Morgan fingerprint density at radius 3 is 3.06 bits per heavy atom. The lowest BCUT2D eigenvalue weighted by Crippen LogP contribution is -2.35. The molecular formula is C12H21N5O. The summed E-state index contributed by atoms with van der Waals surface area (Å²) in [7, 11) is 1.81. The molecule has 0 aromatic carbocycles. The van der Waals surface area contributed by atoms with Crippen molar-refractivity contribution >= 4 is 5.91 Å². The van der Waals surface area contributed by atoms with E-state index in [0.717, 1.165) is 31.2 Å². The van der Waals surface area contributed by atoms with E-state index in [4.69, 9.17) is 0 Å². The first-order valence-electron chi connectivity index (χ1n) is 6.58. The Bertz CT molecular complexity index is 415. The molecule has 0 bridgehead atoms. The summed E-state index contributed by atoms with van der Waals surface area (Å²) in [5.41, 5.74) is 0.